The topological polar surface area (TPSA) is 76.4 Å². The van der Waals surface area contributed by atoms with E-state index in [0.29, 0.717) is 22.6 Å². The number of rotatable bonds is 4. The average Bonchev–Trinajstić information content (AvgIpc) is 3.21. The summed E-state index contributed by atoms with van der Waals surface area (Å²) in [6.07, 6.45) is 1.65. The predicted molar refractivity (Wildman–Crippen MR) is 122 cm³/mol. The number of ketones is 1. The minimum atomic E-state index is -0.236. The molecule has 0 atom stereocenters. The van der Waals surface area contributed by atoms with E-state index in [0.717, 1.165) is 16.8 Å². The molecule has 0 radical (unpaired) electrons. The van der Waals surface area contributed by atoms with Crippen molar-refractivity contribution < 1.29 is 9.59 Å². The van der Waals surface area contributed by atoms with Crippen molar-refractivity contribution in [1.29, 1.82) is 0 Å². The largest absolute Gasteiger partial charge is 0.306 e. The van der Waals surface area contributed by atoms with Crippen molar-refractivity contribution in [2.24, 2.45) is 0 Å². The lowest BCUT2D eigenvalue weighted by atomic mass is 9.87. The molecule has 0 fully saturated rings. The molecule has 2 aromatic heterocycles. The third-order valence-electron chi connectivity index (χ3n) is 5.18. The maximum Gasteiger partial charge on any atom is 0.256 e. The second-order valence-electron chi connectivity index (χ2n) is 8.55. The van der Waals surface area contributed by atoms with E-state index in [1.807, 2.05) is 42.5 Å². The molecule has 0 aliphatic rings. The molecule has 0 aliphatic heterocycles. The van der Waals surface area contributed by atoms with Crippen LogP contribution in [0.2, 0.25) is 0 Å². The number of nitrogens with zero attached hydrogens (tertiary/aromatic N) is 3. The van der Waals surface area contributed by atoms with Gasteiger partial charge in [0.1, 0.15) is 5.82 Å². The molecule has 0 saturated heterocycles. The van der Waals surface area contributed by atoms with E-state index < -0.39 is 0 Å². The standard InChI is InChI=1S/C25H24N4O2/c1-16(30)18-6-5-7-19(14-18)21-15-22(27-23-12-13-26-29(21)23)28-24(31)17-8-10-20(11-9-17)25(2,3)4/h5-15H,1-4H3,(H,27,28,31). The smallest absolute Gasteiger partial charge is 0.256 e. The summed E-state index contributed by atoms with van der Waals surface area (Å²) in [5, 5.41) is 7.22. The van der Waals surface area contributed by atoms with Crippen molar-refractivity contribution in [3.63, 3.8) is 0 Å². The lowest BCUT2D eigenvalue weighted by molar-refractivity contribution is 0.101. The Labute approximate surface area is 180 Å². The first-order chi connectivity index (χ1) is 14.7. The molecule has 0 spiro atoms. The molecule has 2 heterocycles. The van der Waals surface area contributed by atoms with E-state index in [1.165, 1.54) is 6.92 Å². The molecule has 0 saturated carbocycles. The molecule has 31 heavy (non-hydrogen) atoms. The van der Waals surface area contributed by atoms with E-state index in [-0.39, 0.29) is 17.1 Å². The van der Waals surface area contributed by atoms with E-state index in [4.69, 9.17) is 0 Å². The summed E-state index contributed by atoms with van der Waals surface area (Å²) in [4.78, 5) is 29.1. The van der Waals surface area contributed by atoms with Gasteiger partial charge in [-0.25, -0.2) is 9.50 Å². The van der Waals surface area contributed by atoms with Crippen LogP contribution >= 0.6 is 0 Å². The molecule has 1 amide bonds. The Kier molecular flexibility index (Phi) is 5.15. The Bertz CT molecular complexity index is 1280. The number of hydrogen-bond acceptors (Lipinski definition) is 4. The van der Waals surface area contributed by atoms with Gasteiger partial charge in [-0.2, -0.15) is 5.10 Å². The van der Waals surface area contributed by atoms with Crippen LogP contribution in [-0.2, 0) is 5.41 Å². The van der Waals surface area contributed by atoms with Gasteiger partial charge in [0, 0.05) is 28.8 Å². The van der Waals surface area contributed by atoms with Crippen LogP contribution < -0.4 is 5.32 Å². The van der Waals surface area contributed by atoms with E-state index in [2.05, 4.69) is 36.2 Å². The summed E-state index contributed by atoms with van der Waals surface area (Å²) < 4.78 is 1.69. The Balaban J connectivity index is 1.68. The van der Waals surface area contributed by atoms with Crippen LogP contribution in [0.4, 0.5) is 5.82 Å². The maximum atomic E-state index is 12.8. The molecule has 4 rings (SSSR count). The molecular weight excluding hydrogens is 388 g/mol. The Hall–Kier alpha value is -3.80. The number of carbonyl (C=O) groups excluding carboxylic acids is 2. The number of aromatic nitrogens is 3. The van der Waals surface area contributed by atoms with Crippen LogP contribution in [0.15, 0.2) is 66.9 Å². The first kappa shape index (κ1) is 20.5. The highest BCUT2D eigenvalue weighted by atomic mass is 16.1. The fraction of sp³-hybridized carbons (Fsp3) is 0.200. The summed E-state index contributed by atoms with van der Waals surface area (Å²) in [7, 11) is 0. The van der Waals surface area contributed by atoms with Crippen LogP contribution in [0.1, 0.15) is 54.0 Å². The van der Waals surface area contributed by atoms with Crippen LogP contribution in [0, 0.1) is 0 Å². The van der Waals surface area contributed by atoms with Crippen molar-refractivity contribution in [3.8, 4) is 11.3 Å². The number of anilines is 1. The monoisotopic (exact) mass is 412 g/mol. The molecular formula is C25H24N4O2. The van der Waals surface area contributed by atoms with Crippen LogP contribution in [0.5, 0.6) is 0 Å². The first-order valence-corrected chi connectivity index (χ1v) is 10.1. The van der Waals surface area contributed by atoms with Gasteiger partial charge in [-0.3, -0.25) is 9.59 Å². The normalized spacial score (nSPS) is 11.5. The molecule has 2 aromatic carbocycles. The molecule has 4 aromatic rings. The fourth-order valence-corrected chi connectivity index (χ4v) is 3.39. The van der Waals surface area contributed by atoms with Crippen molar-refractivity contribution >= 4 is 23.2 Å². The van der Waals surface area contributed by atoms with E-state index >= 15 is 0 Å². The van der Waals surface area contributed by atoms with Gasteiger partial charge < -0.3 is 5.32 Å². The number of fused-ring (bicyclic) bond motifs is 1. The van der Waals surface area contributed by atoms with Crippen molar-refractivity contribution in [2.45, 2.75) is 33.1 Å². The van der Waals surface area contributed by atoms with Gasteiger partial charge in [-0.05, 0) is 36.1 Å². The third-order valence-corrected chi connectivity index (χ3v) is 5.18. The molecule has 0 aliphatic carbocycles. The number of carbonyl (C=O) groups is 2. The molecule has 6 nitrogen and oxygen atoms in total. The molecule has 156 valence electrons. The summed E-state index contributed by atoms with van der Waals surface area (Å²) >= 11 is 0. The summed E-state index contributed by atoms with van der Waals surface area (Å²) in [6, 6.07) is 18.5. The van der Waals surface area contributed by atoms with E-state index in [1.54, 1.807) is 28.9 Å². The molecule has 0 bridgehead atoms. The second-order valence-corrected chi connectivity index (χ2v) is 8.55. The number of amides is 1. The number of Topliss-reactive ketones (excluding diaryl/α,β-unsaturated/α-hetero) is 1. The van der Waals surface area contributed by atoms with Gasteiger partial charge in [-0.15, -0.1) is 0 Å². The number of benzene rings is 2. The van der Waals surface area contributed by atoms with Gasteiger partial charge in [0.05, 0.1) is 11.9 Å². The highest BCUT2D eigenvalue weighted by molar-refractivity contribution is 6.04. The lowest BCUT2D eigenvalue weighted by Crippen LogP contribution is -2.15. The first-order valence-electron chi connectivity index (χ1n) is 10.1. The number of hydrogen-bond donors (Lipinski definition) is 1. The number of nitrogens with one attached hydrogen (secondary N) is 1. The van der Waals surface area contributed by atoms with E-state index in [9.17, 15) is 9.59 Å². The Morgan fingerprint density at radius 3 is 2.35 bits per heavy atom. The maximum absolute atomic E-state index is 12.8. The predicted octanol–water partition coefficient (Wildman–Crippen LogP) is 5.15. The zero-order chi connectivity index (χ0) is 22.2. The summed E-state index contributed by atoms with van der Waals surface area (Å²) in [6.45, 7) is 7.94. The van der Waals surface area contributed by atoms with Crippen molar-refractivity contribution in [2.75, 3.05) is 5.32 Å². The fourth-order valence-electron chi connectivity index (χ4n) is 3.39. The minimum absolute atomic E-state index is 0.0140. The zero-order valence-corrected chi connectivity index (χ0v) is 18.0. The minimum Gasteiger partial charge on any atom is -0.306 e. The van der Waals surface area contributed by atoms with Crippen LogP contribution in [0.3, 0.4) is 0 Å². The SMILES string of the molecule is CC(=O)c1cccc(-c2cc(NC(=O)c3ccc(C(C)(C)C)cc3)nc3ccnn23)c1. The molecule has 6 heteroatoms. The Morgan fingerprint density at radius 1 is 0.935 bits per heavy atom. The average molecular weight is 412 g/mol. The second kappa shape index (κ2) is 7.80. The van der Waals surface area contributed by atoms with Crippen molar-refractivity contribution in [3.05, 3.63) is 83.6 Å². The zero-order valence-electron chi connectivity index (χ0n) is 18.0. The molecule has 1 N–H and O–H groups in total. The highest BCUT2D eigenvalue weighted by Gasteiger charge is 2.16. The lowest BCUT2D eigenvalue weighted by Gasteiger charge is -2.19. The summed E-state index contributed by atoms with van der Waals surface area (Å²) in [5.74, 6) is 0.168. The van der Waals surface area contributed by atoms with Gasteiger partial charge in [-0.1, -0.05) is 51.1 Å². The van der Waals surface area contributed by atoms with Crippen LogP contribution in [-0.4, -0.2) is 26.3 Å². The quantitative estimate of drug-likeness (QED) is 0.470. The van der Waals surface area contributed by atoms with Gasteiger partial charge in [0.2, 0.25) is 0 Å². The van der Waals surface area contributed by atoms with Gasteiger partial charge in [0.15, 0.2) is 11.4 Å². The van der Waals surface area contributed by atoms with Crippen molar-refractivity contribution in [1.82, 2.24) is 14.6 Å². The Morgan fingerprint density at radius 2 is 1.68 bits per heavy atom. The van der Waals surface area contributed by atoms with Gasteiger partial charge >= 0.3 is 0 Å². The third kappa shape index (κ3) is 4.23. The molecule has 0 unspecified atom stereocenters. The highest BCUT2D eigenvalue weighted by Crippen LogP contribution is 2.25. The van der Waals surface area contributed by atoms with Crippen LogP contribution in [0.25, 0.3) is 16.9 Å². The van der Waals surface area contributed by atoms with Gasteiger partial charge in [0.25, 0.3) is 5.91 Å². The summed E-state index contributed by atoms with van der Waals surface area (Å²) in [5.41, 5.74) is 4.50.